The van der Waals surface area contributed by atoms with Crippen LogP contribution in [0.15, 0.2) is 36.4 Å². The minimum atomic E-state index is -0.00489. The van der Waals surface area contributed by atoms with Crippen molar-refractivity contribution in [2.75, 3.05) is 27.3 Å². The summed E-state index contributed by atoms with van der Waals surface area (Å²) in [5.74, 6) is 1.22. The number of methoxy groups -OCH3 is 2. The number of likely N-dealkylation sites (tertiary alicyclic amines) is 1. The molecule has 0 bridgehead atoms. The van der Waals surface area contributed by atoms with Crippen LogP contribution in [-0.2, 0) is 0 Å². The molecule has 3 aromatic rings. The van der Waals surface area contributed by atoms with E-state index in [-0.39, 0.29) is 11.9 Å². The number of carbonyl (C=O) groups excluding carboxylic acids is 1. The summed E-state index contributed by atoms with van der Waals surface area (Å²) < 4.78 is 12.6. The molecule has 2 aromatic carbocycles. The third-order valence-electron chi connectivity index (χ3n) is 5.32. The van der Waals surface area contributed by atoms with E-state index in [4.69, 9.17) is 9.47 Å². The van der Waals surface area contributed by atoms with Crippen molar-refractivity contribution in [3.8, 4) is 11.5 Å². The highest BCUT2D eigenvalue weighted by Gasteiger charge is 2.26. The largest absolute Gasteiger partial charge is 0.497 e. The highest BCUT2D eigenvalue weighted by molar-refractivity contribution is 5.95. The molecule has 1 fully saturated rings. The van der Waals surface area contributed by atoms with Gasteiger partial charge in [0.15, 0.2) is 0 Å². The lowest BCUT2D eigenvalue weighted by atomic mass is 10.0. The van der Waals surface area contributed by atoms with E-state index in [0.29, 0.717) is 30.2 Å². The number of hydrogen-bond donors (Lipinski definition) is 0. The smallest absolute Gasteiger partial charge is 0.254 e. The molecule has 0 saturated carbocycles. The molecular weight excluding hydrogens is 356 g/mol. The van der Waals surface area contributed by atoms with Gasteiger partial charge < -0.3 is 14.4 Å². The van der Waals surface area contributed by atoms with Gasteiger partial charge in [0.1, 0.15) is 17.0 Å². The molecular formula is C21H24N4O3. The lowest BCUT2D eigenvalue weighted by Crippen LogP contribution is -2.39. The third-order valence-corrected chi connectivity index (χ3v) is 5.32. The van der Waals surface area contributed by atoms with Crippen molar-refractivity contribution in [1.82, 2.24) is 19.9 Å². The molecule has 0 aliphatic carbocycles. The maximum absolute atomic E-state index is 13.0. The van der Waals surface area contributed by atoms with Gasteiger partial charge >= 0.3 is 0 Å². The first-order valence-corrected chi connectivity index (χ1v) is 9.43. The van der Waals surface area contributed by atoms with Crippen molar-refractivity contribution in [1.29, 1.82) is 0 Å². The summed E-state index contributed by atoms with van der Waals surface area (Å²) in [5, 5.41) is 8.66. The zero-order valence-electron chi connectivity index (χ0n) is 16.4. The highest BCUT2D eigenvalue weighted by atomic mass is 16.5. The van der Waals surface area contributed by atoms with Gasteiger partial charge in [-0.3, -0.25) is 4.79 Å². The van der Waals surface area contributed by atoms with Gasteiger partial charge in [-0.2, -0.15) is 0 Å². The highest BCUT2D eigenvalue weighted by Crippen LogP contribution is 2.28. The second kappa shape index (κ2) is 7.50. The SMILES string of the molecule is COc1cc(OC)cc(C(=O)N2CCC(n3nnc4cc(C)ccc43)CC2)c1. The summed E-state index contributed by atoms with van der Waals surface area (Å²) in [6.07, 6.45) is 1.69. The molecule has 7 heteroatoms. The van der Waals surface area contributed by atoms with Crippen molar-refractivity contribution in [2.45, 2.75) is 25.8 Å². The van der Waals surface area contributed by atoms with Crippen LogP contribution in [0.4, 0.5) is 0 Å². The van der Waals surface area contributed by atoms with E-state index in [1.165, 1.54) is 5.56 Å². The van der Waals surface area contributed by atoms with Gasteiger partial charge in [-0.05, 0) is 49.6 Å². The first-order valence-electron chi connectivity index (χ1n) is 9.43. The molecule has 1 amide bonds. The Kier molecular flexibility index (Phi) is 4.90. The predicted molar refractivity (Wildman–Crippen MR) is 106 cm³/mol. The van der Waals surface area contributed by atoms with Gasteiger partial charge in [-0.1, -0.05) is 11.3 Å². The van der Waals surface area contributed by atoms with Crippen LogP contribution in [0.2, 0.25) is 0 Å². The number of ether oxygens (including phenoxy) is 2. The second-order valence-electron chi connectivity index (χ2n) is 7.15. The molecule has 0 spiro atoms. The Hall–Kier alpha value is -3.09. The van der Waals surface area contributed by atoms with Crippen LogP contribution in [-0.4, -0.2) is 53.1 Å². The summed E-state index contributed by atoms with van der Waals surface area (Å²) in [7, 11) is 3.16. The molecule has 28 heavy (non-hydrogen) atoms. The molecule has 0 atom stereocenters. The topological polar surface area (TPSA) is 69.5 Å². The van der Waals surface area contributed by atoms with Crippen molar-refractivity contribution in [3.63, 3.8) is 0 Å². The van der Waals surface area contributed by atoms with E-state index in [9.17, 15) is 4.79 Å². The molecule has 7 nitrogen and oxygen atoms in total. The fraction of sp³-hybridized carbons (Fsp3) is 0.381. The molecule has 0 unspecified atom stereocenters. The zero-order valence-corrected chi connectivity index (χ0v) is 16.4. The van der Waals surface area contributed by atoms with Gasteiger partial charge in [0.25, 0.3) is 5.91 Å². The van der Waals surface area contributed by atoms with Crippen LogP contribution in [0.25, 0.3) is 11.0 Å². The number of rotatable bonds is 4. The van der Waals surface area contributed by atoms with E-state index in [1.54, 1.807) is 32.4 Å². The lowest BCUT2D eigenvalue weighted by molar-refractivity contribution is 0.0690. The number of amides is 1. The van der Waals surface area contributed by atoms with E-state index in [0.717, 1.165) is 23.9 Å². The van der Waals surface area contributed by atoms with Crippen LogP contribution < -0.4 is 9.47 Å². The van der Waals surface area contributed by atoms with Crippen LogP contribution >= 0.6 is 0 Å². The molecule has 1 aliphatic heterocycles. The summed E-state index contributed by atoms with van der Waals surface area (Å²) in [5.41, 5.74) is 3.72. The van der Waals surface area contributed by atoms with Crippen LogP contribution in [0.5, 0.6) is 11.5 Å². The minimum Gasteiger partial charge on any atom is -0.497 e. The van der Waals surface area contributed by atoms with E-state index in [1.807, 2.05) is 15.6 Å². The van der Waals surface area contributed by atoms with E-state index < -0.39 is 0 Å². The Morgan fingerprint density at radius 1 is 1.04 bits per heavy atom. The number of piperidine rings is 1. The lowest BCUT2D eigenvalue weighted by Gasteiger charge is -2.32. The maximum Gasteiger partial charge on any atom is 0.254 e. The number of fused-ring (bicyclic) bond motifs is 1. The summed E-state index contributed by atoms with van der Waals surface area (Å²) in [6.45, 7) is 3.41. The quantitative estimate of drug-likeness (QED) is 0.695. The molecule has 1 aliphatic rings. The monoisotopic (exact) mass is 380 g/mol. The number of aromatic nitrogens is 3. The van der Waals surface area contributed by atoms with Gasteiger partial charge in [0.2, 0.25) is 0 Å². The summed E-state index contributed by atoms with van der Waals surface area (Å²) in [6, 6.07) is 11.7. The van der Waals surface area contributed by atoms with Gasteiger partial charge in [-0.25, -0.2) is 4.68 Å². The Balaban J connectivity index is 1.48. The Morgan fingerprint density at radius 3 is 2.36 bits per heavy atom. The molecule has 1 saturated heterocycles. The average molecular weight is 380 g/mol. The van der Waals surface area contributed by atoms with Crippen molar-refractivity contribution < 1.29 is 14.3 Å². The number of hydrogen-bond acceptors (Lipinski definition) is 5. The van der Waals surface area contributed by atoms with E-state index in [2.05, 4.69) is 29.4 Å². The first-order chi connectivity index (χ1) is 13.6. The standard InChI is InChI=1S/C21H24N4O3/c1-14-4-5-20-19(10-14)22-23-25(20)16-6-8-24(9-7-16)21(26)15-11-17(27-2)13-18(12-15)28-3/h4-5,10-13,16H,6-9H2,1-3H3. The van der Waals surface area contributed by atoms with Crippen molar-refractivity contribution >= 4 is 16.9 Å². The number of aryl methyl sites for hydroxylation is 1. The average Bonchev–Trinajstić information content (AvgIpc) is 3.15. The molecule has 1 aromatic heterocycles. The van der Waals surface area contributed by atoms with Crippen LogP contribution in [0.3, 0.4) is 0 Å². The molecule has 146 valence electrons. The van der Waals surface area contributed by atoms with Crippen molar-refractivity contribution in [2.24, 2.45) is 0 Å². The molecule has 2 heterocycles. The molecule has 0 N–H and O–H groups in total. The van der Waals surface area contributed by atoms with Gasteiger partial charge in [0, 0.05) is 24.7 Å². The van der Waals surface area contributed by atoms with Crippen LogP contribution in [0.1, 0.15) is 34.8 Å². The molecule has 4 rings (SSSR count). The Morgan fingerprint density at radius 2 is 1.71 bits per heavy atom. The zero-order chi connectivity index (χ0) is 19.7. The number of benzene rings is 2. The predicted octanol–water partition coefficient (Wildman–Crippen LogP) is 3.23. The Labute approximate surface area is 163 Å². The first kappa shape index (κ1) is 18.3. The number of carbonyl (C=O) groups is 1. The second-order valence-corrected chi connectivity index (χ2v) is 7.15. The third kappa shape index (κ3) is 3.40. The molecule has 0 radical (unpaired) electrons. The normalized spacial score (nSPS) is 15.0. The van der Waals surface area contributed by atoms with Crippen molar-refractivity contribution in [3.05, 3.63) is 47.5 Å². The fourth-order valence-corrected chi connectivity index (χ4v) is 3.75. The van der Waals surface area contributed by atoms with E-state index >= 15 is 0 Å². The summed E-state index contributed by atoms with van der Waals surface area (Å²) >= 11 is 0. The summed E-state index contributed by atoms with van der Waals surface area (Å²) in [4.78, 5) is 14.8. The van der Waals surface area contributed by atoms with Crippen LogP contribution in [0, 0.1) is 6.92 Å². The number of nitrogens with zero attached hydrogens (tertiary/aromatic N) is 4. The van der Waals surface area contributed by atoms with Gasteiger partial charge in [-0.15, -0.1) is 5.10 Å². The minimum absolute atomic E-state index is 0.00489. The Bertz CT molecular complexity index is 984. The maximum atomic E-state index is 13.0. The fourth-order valence-electron chi connectivity index (χ4n) is 3.75. The van der Waals surface area contributed by atoms with Gasteiger partial charge in [0.05, 0.1) is 25.8 Å².